The predicted octanol–water partition coefficient (Wildman–Crippen LogP) is 2.33. The second-order valence-electron chi connectivity index (χ2n) is 5.42. The number of hydrogen-bond acceptors (Lipinski definition) is 3. The molecule has 0 aliphatic heterocycles. The van der Waals surface area contributed by atoms with Crippen LogP contribution in [0.2, 0.25) is 0 Å². The molecule has 1 atom stereocenters. The van der Waals surface area contributed by atoms with E-state index in [1.165, 1.54) is 0 Å². The summed E-state index contributed by atoms with van der Waals surface area (Å²) < 4.78 is 28.4. The fourth-order valence-corrected chi connectivity index (χ4v) is 3.85. The summed E-state index contributed by atoms with van der Waals surface area (Å²) in [4.78, 5) is 0.274. The standard InChI is InChI=1S/C13H21IN2O2S/c1-10(2)8-13(3,9-15)16-19(17,18)12-6-4-11(14)5-7-12/h4-7,10,16H,8-9,15H2,1-3H3. The van der Waals surface area contributed by atoms with E-state index >= 15 is 0 Å². The Kier molecular flexibility index (Phi) is 5.78. The van der Waals surface area contributed by atoms with Crippen molar-refractivity contribution in [1.29, 1.82) is 0 Å². The molecule has 108 valence electrons. The summed E-state index contributed by atoms with van der Waals surface area (Å²) in [5.74, 6) is 0.368. The first-order valence-corrected chi connectivity index (χ1v) is 8.74. The Morgan fingerprint density at radius 1 is 1.32 bits per heavy atom. The highest BCUT2D eigenvalue weighted by molar-refractivity contribution is 14.1. The van der Waals surface area contributed by atoms with Gasteiger partial charge in [0.2, 0.25) is 10.0 Å². The fraction of sp³-hybridized carbons (Fsp3) is 0.538. The molecular weight excluding hydrogens is 375 g/mol. The molecule has 0 bridgehead atoms. The normalized spacial score (nSPS) is 15.5. The van der Waals surface area contributed by atoms with Gasteiger partial charge in [0.15, 0.2) is 0 Å². The first-order valence-electron chi connectivity index (χ1n) is 6.18. The molecule has 1 rings (SSSR count). The molecule has 4 nitrogen and oxygen atoms in total. The van der Waals surface area contributed by atoms with E-state index in [0.717, 1.165) is 3.57 Å². The van der Waals surface area contributed by atoms with E-state index < -0.39 is 15.6 Å². The lowest BCUT2D eigenvalue weighted by Crippen LogP contribution is -2.51. The Bertz CT molecular complexity index is 514. The highest BCUT2D eigenvalue weighted by Gasteiger charge is 2.30. The molecule has 0 amide bonds. The largest absolute Gasteiger partial charge is 0.329 e. The van der Waals surface area contributed by atoms with Gasteiger partial charge in [0.1, 0.15) is 0 Å². The third kappa shape index (κ3) is 5.02. The number of benzene rings is 1. The second-order valence-corrected chi connectivity index (χ2v) is 8.35. The van der Waals surface area contributed by atoms with Crippen molar-refractivity contribution in [1.82, 2.24) is 4.72 Å². The number of sulfonamides is 1. The summed E-state index contributed by atoms with van der Waals surface area (Å²) in [5, 5.41) is 0. The topological polar surface area (TPSA) is 72.2 Å². The third-order valence-electron chi connectivity index (χ3n) is 2.81. The second kappa shape index (κ2) is 6.51. The lowest BCUT2D eigenvalue weighted by atomic mass is 9.92. The number of hydrogen-bond donors (Lipinski definition) is 2. The molecule has 0 aromatic heterocycles. The Hall–Kier alpha value is -0.180. The minimum Gasteiger partial charge on any atom is -0.329 e. The quantitative estimate of drug-likeness (QED) is 0.726. The first-order chi connectivity index (χ1) is 8.68. The zero-order chi connectivity index (χ0) is 14.7. The molecule has 0 spiro atoms. The zero-order valence-electron chi connectivity index (χ0n) is 11.5. The highest BCUT2D eigenvalue weighted by atomic mass is 127. The first kappa shape index (κ1) is 16.9. The van der Waals surface area contributed by atoms with E-state index in [-0.39, 0.29) is 11.4 Å². The highest BCUT2D eigenvalue weighted by Crippen LogP contribution is 2.20. The molecule has 6 heteroatoms. The van der Waals surface area contributed by atoms with Crippen molar-refractivity contribution in [2.45, 2.75) is 37.6 Å². The van der Waals surface area contributed by atoms with Crippen molar-refractivity contribution in [3.05, 3.63) is 27.8 Å². The van der Waals surface area contributed by atoms with Gasteiger partial charge in [-0.1, -0.05) is 13.8 Å². The van der Waals surface area contributed by atoms with Crippen LogP contribution in [0.4, 0.5) is 0 Å². The van der Waals surface area contributed by atoms with Crippen LogP contribution in [0.15, 0.2) is 29.2 Å². The van der Waals surface area contributed by atoms with Gasteiger partial charge in [-0.3, -0.25) is 0 Å². The minimum absolute atomic E-state index is 0.273. The lowest BCUT2D eigenvalue weighted by molar-refractivity contribution is 0.344. The molecule has 0 saturated carbocycles. The Morgan fingerprint density at radius 2 is 1.84 bits per heavy atom. The Labute approximate surface area is 129 Å². The fourth-order valence-electron chi connectivity index (χ4n) is 2.06. The van der Waals surface area contributed by atoms with Crippen molar-refractivity contribution in [2.24, 2.45) is 11.7 Å². The van der Waals surface area contributed by atoms with Gasteiger partial charge < -0.3 is 5.73 Å². The lowest BCUT2D eigenvalue weighted by Gasteiger charge is -2.30. The van der Waals surface area contributed by atoms with Gasteiger partial charge in [0, 0.05) is 15.7 Å². The van der Waals surface area contributed by atoms with Crippen molar-refractivity contribution in [3.63, 3.8) is 0 Å². The smallest absolute Gasteiger partial charge is 0.241 e. The van der Waals surface area contributed by atoms with Gasteiger partial charge in [-0.2, -0.15) is 0 Å². The molecule has 3 N–H and O–H groups in total. The molecule has 0 aliphatic rings. The van der Waals surface area contributed by atoms with E-state index in [2.05, 4.69) is 27.3 Å². The van der Waals surface area contributed by atoms with Crippen LogP contribution in [0, 0.1) is 9.49 Å². The van der Waals surface area contributed by atoms with E-state index in [9.17, 15) is 8.42 Å². The van der Waals surface area contributed by atoms with Gasteiger partial charge >= 0.3 is 0 Å². The van der Waals surface area contributed by atoms with Gasteiger partial charge in [-0.05, 0) is 66.1 Å². The molecule has 1 aromatic carbocycles. The average Bonchev–Trinajstić information content (AvgIpc) is 2.27. The van der Waals surface area contributed by atoms with Crippen LogP contribution in [0.3, 0.4) is 0 Å². The van der Waals surface area contributed by atoms with Crippen molar-refractivity contribution in [2.75, 3.05) is 6.54 Å². The van der Waals surface area contributed by atoms with E-state index in [4.69, 9.17) is 5.73 Å². The number of rotatable bonds is 6. The van der Waals surface area contributed by atoms with Gasteiger partial charge in [-0.15, -0.1) is 0 Å². The Morgan fingerprint density at radius 3 is 2.26 bits per heavy atom. The third-order valence-corrected chi connectivity index (χ3v) is 5.19. The van der Waals surface area contributed by atoms with Crippen molar-refractivity contribution >= 4 is 32.6 Å². The molecule has 0 aliphatic carbocycles. The monoisotopic (exact) mass is 396 g/mol. The summed E-state index contributed by atoms with van der Waals surface area (Å²) >= 11 is 2.14. The number of halogens is 1. The molecule has 1 unspecified atom stereocenters. The van der Waals surface area contributed by atoms with E-state index in [1.54, 1.807) is 24.3 Å². The molecule has 0 radical (unpaired) electrons. The molecular formula is C13H21IN2O2S. The van der Waals surface area contributed by atoms with Crippen LogP contribution in [0.1, 0.15) is 27.2 Å². The van der Waals surface area contributed by atoms with Crippen LogP contribution in [0.5, 0.6) is 0 Å². The van der Waals surface area contributed by atoms with Gasteiger partial charge in [0.25, 0.3) is 0 Å². The summed E-state index contributed by atoms with van der Waals surface area (Å²) in [6.45, 7) is 6.21. The van der Waals surface area contributed by atoms with Gasteiger partial charge in [-0.25, -0.2) is 13.1 Å². The van der Waals surface area contributed by atoms with E-state index in [1.807, 2.05) is 20.8 Å². The number of nitrogens with two attached hydrogens (primary N) is 1. The van der Waals surface area contributed by atoms with Crippen molar-refractivity contribution < 1.29 is 8.42 Å². The maximum Gasteiger partial charge on any atom is 0.241 e. The summed E-state index contributed by atoms with van der Waals surface area (Å²) in [5.41, 5.74) is 5.12. The van der Waals surface area contributed by atoms with E-state index in [0.29, 0.717) is 12.3 Å². The maximum absolute atomic E-state index is 12.3. The molecule has 0 heterocycles. The minimum atomic E-state index is -3.53. The zero-order valence-corrected chi connectivity index (χ0v) is 14.5. The molecule has 19 heavy (non-hydrogen) atoms. The predicted molar refractivity (Wildman–Crippen MR) is 86.4 cm³/mol. The van der Waals surface area contributed by atoms with Crippen LogP contribution >= 0.6 is 22.6 Å². The molecule has 0 saturated heterocycles. The summed E-state index contributed by atoms with van der Waals surface area (Å²) in [6.07, 6.45) is 0.701. The Balaban J connectivity index is 2.98. The SMILES string of the molecule is CC(C)CC(C)(CN)NS(=O)(=O)c1ccc(I)cc1. The number of nitrogens with one attached hydrogen (secondary N) is 1. The van der Waals surface area contributed by atoms with Crippen LogP contribution in [0.25, 0.3) is 0 Å². The average molecular weight is 396 g/mol. The maximum atomic E-state index is 12.3. The summed E-state index contributed by atoms with van der Waals surface area (Å²) in [7, 11) is -3.53. The van der Waals surface area contributed by atoms with Crippen LogP contribution < -0.4 is 10.5 Å². The van der Waals surface area contributed by atoms with Crippen molar-refractivity contribution in [3.8, 4) is 0 Å². The molecule has 0 fully saturated rings. The van der Waals surface area contributed by atoms with Crippen LogP contribution in [-0.2, 0) is 10.0 Å². The summed E-state index contributed by atoms with van der Waals surface area (Å²) in [6, 6.07) is 6.77. The molecule has 1 aromatic rings. The van der Waals surface area contributed by atoms with Gasteiger partial charge in [0.05, 0.1) is 4.90 Å². The van der Waals surface area contributed by atoms with Crippen LogP contribution in [-0.4, -0.2) is 20.5 Å².